The van der Waals surface area contributed by atoms with E-state index in [4.69, 9.17) is 0 Å². The molecule has 8 aromatic rings. The number of hydrogen-bond donors (Lipinski definition) is 0. The van der Waals surface area contributed by atoms with Gasteiger partial charge in [0, 0.05) is 35.1 Å². The van der Waals surface area contributed by atoms with Gasteiger partial charge in [0.15, 0.2) is 0 Å². The topological polar surface area (TPSA) is 86.3 Å². The van der Waals surface area contributed by atoms with Crippen LogP contribution in [0.25, 0.3) is 66.8 Å². The fourth-order valence-corrected chi connectivity index (χ4v) is 9.25. The van der Waals surface area contributed by atoms with Crippen molar-refractivity contribution in [2.24, 2.45) is 0 Å². The van der Waals surface area contributed by atoms with E-state index >= 15 is 0 Å². The van der Waals surface area contributed by atoms with Gasteiger partial charge in [-0.05, 0) is 113 Å². The quantitative estimate of drug-likeness (QED) is 0.124. The lowest BCUT2D eigenvalue weighted by molar-refractivity contribution is -0.385. The number of hydrogen-bond acceptors (Lipinski definition) is 4. The molecule has 6 heteroatoms. The highest BCUT2D eigenvalue weighted by atomic mass is 16.6. The average molecular weight is 783 g/mol. The summed E-state index contributed by atoms with van der Waals surface area (Å²) in [4.78, 5) is 22.1. The first-order chi connectivity index (χ1) is 28.9. The minimum absolute atomic E-state index is 0.0877. The Balaban J connectivity index is 0.000000154. The van der Waals surface area contributed by atoms with Crippen molar-refractivity contribution in [1.29, 1.82) is 0 Å². The van der Waals surface area contributed by atoms with E-state index < -0.39 is 0 Å². The van der Waals surface area contributed by atoms with Gasteiger partial charge >= 0.3 is 0 Å². The Morgan fingerprint density at radius 3 is 1.03 bits per heavy atom. The lowest BCUT2D eigenvalue weighted by atomic mass is 9.81. The highest BCUT2D eigenvalue weighted by Gasteiger charge is 2.36. The van der Waals surface area contributed by atoms with Crippen molar-refractivity contribution >= 4 is 11.4 Å². The van der Waals surface area contributed by atoms with Gasteiger partial charge in [0.1, 0.15) is 0 Å². The van der Waals surface area contributed by atoms with Crippen molar-refractivity contribution in [3.63, 3.8) is 0 Å². The van der Waals surface area contributed by atoms with Gasteiger partial charge in [-0.25, -0.2) is 0 Å². The second-order valence-corrected chi connectivity index (χ2v) is 16.6. The van der Waals surface area contributed by atoms with Gasteiger partial charge in [0.2, 0.25) is 0 Å². The predicted octanol–water partition coefficient (Wildman–Crippen LogP) is 14.5. The van der Waals surface area contributed by atoms with Crippen molar-refractivity contribution in [3.8, 4) is 66.8 Å². The molecule has 0 amide bonds. The van der Waals surface area contributed by atoms with Gasteiger partial charge in [-0.1, -0.05) is 161 Å². The Kier molecular flexibility index (Phi) is 9.36. The predicted molar refractivity (Wildman–Crippen MR) is 243 cm³/mol. The Morgan fingerprint density at radius 1 is 0.317 bits per heavy atom. The van der Waals surface area contributed by atoms with Crippen molar-refractivity contribution in [1.82, 2.24) is 0 Å². The summed E-state index contributed by atoms with van der Waals surface area (Å²) < 4.78 is 0. The summed E-state index contributed by atoms with van der Waals surface area (Å²) in [7, 11) is 0. The van der Waals surface area contributed by atoms with E-state index in [0.29, 0.717) is 0 Å². The van der Waals surface area contributed by atoms with Crippen molar-refractivity contribution in [2.75, 3.05) is 0 Å². The summed E-state index contributed by atoms with van der Waals surface area (Å²) in [5.41, 5.74) is 18.2. The molecule has 8 aromatic carbocycles. The van der Waals surface area contributed by atoms with Crippen LogP contribution in [0.5, 0.6) is 0 Å². The average Bonchev–Trinajstić information content (AvgIpc) is 3.65. The number of nitrogens with zero attached hydrogens (tertiary/aromatic N) is 2. The van der Waals surface area contributed by atoms with Gasteiger partial charge in [0.05, 0.1) is 9.85 Å². The van der Waals surface area contributed by atoms with Crippen LogP contribution in [0, 0.1) is 20.2 Å². The number of nitro benzene ring substituents is 2. The van der Waals surface area contributed by atoms with Gasteiger partial charge in [-0.3, -0.25) is 20.2 Å². The van der Waals surface area contributed by atoms with E-state index in [1.54, 1.807) is 24.3 Å². The smallest absolute Gasteiger partial charge is 0.258 e. The molecule has 2 aliphatic rings. The third-order valence-electron chi connectivity index (χ3n) is 12.4. The molecule has 292 valence electrons. The molecule has 0 bridgehead atoms. The zero-order valence-corrected chi connectivity index (χ0v) is 33.8. The van der Waals surface area contributed by atoms with E-state index in [1.807, 2.05) is 72.8 Å². The summed E-state index contributed by atoms with van der Waals surface area (Å²) in [5, 5.41) is 22.8. The monoisotopic (exact) mass is 782 g/mol. The Hall–Kier alpha value is -7.44. The van der Waals surface area contributed by atoms with Crippen LogP contribution in [-0.4, -0.2) is 9.85 Å². The van der Waals surface area contributed by atoms with Gasteiger partial charge in [0.25, 0.3) is 11.4 Å². The second kappa shape index (κ2) is 14.7. The van der Waals surface area contributed by atoms with Crippen LogP contribution in [0.15, 0.2) is 182 Å². The molecule has 0 heterocycles. The third kappa shape index (κ3) is 6.47. The molecule has 60 heavy (non-hydrogen) atoms. The summed E-state index contributed by atoms with van der Waals surface area (Å²) in [6, 6.07) is 60.3. The molecule has 10 rings (SSSR count). The minimum Gasteiger partial charge on any atom is -0.258 e. The molecular formula is C54H42N2O4. The second-order valence-electron chi connectivity index (χ2n) is 16.6. The first-order valence-corrected chi connectivity index (χ1v) is 20.1. The molecule has 2 aliphatic carbocycles. The highest BCUT2D eigenvalue weighted by molar-refractivity contribution is 5.90. The number of benzene rings is 8. The van der Waals surface area contributed by atoms with Crippen LogP contribution < -0.4 is 0 Å². The fraction of sp³-hybridized carbons (Fsp3) is 0.111. The van der Waals surface area contributed by atoms with Crippen molar-refractivity contribution in [2.45, 2.75) is 38.5 Å². The minimum atomic E-state index is -0.335. The Labute approximate surface area is 349 Å². The molecule has 0 aliphatic heterocycles. The molecule has 0 saturated heterocycles. The summed E-state index contributed by atoms with van der Waals surface area (Å²) in [5.74, 6) is 0. The zero-order valence-electron chi connectivity index (χ0n) is 33.8. The molecule has 0 unspecified atom stereocenters. The van der Waals surface area contributed by atoms with Gasteiger partial charge < -0.3 is 0 Å². The highest BCUT2D eigenvalue weighted by Crippen LogP contribution is 2.51. The molecule has 0 aromatic heterocycles. The maximum Gasteiger partial charge on any atom is 0.270 e. The third-order valence-corrected chi connectivity index (χ3v) is 12.4. The zero-order chi connectivity index (χ0) is 41.8. The van der Waals surface area contributed by atoms with E-state index in [-0.39, 0.29) is 32.1 Å². The molecule has 6 nitrogen and oxygen atoms in total. The summed E-state index contributed by atoms with van der Waals surface area (Å²) in [6.07, 6.45) is 0. The first kappa shape index (κ1) is 38.1. The number of rotatable bonds is 6. The van der Waals surface area contributed by atoms with Crippen LogP contribution >= 0.6 is 0 Å². The van der Waals surface area contributed by atoms with E-state index in [1.165, 1.54) is 44.5 Å². The molecule has 0 atom stereocenters. The molecule has 0 fully saturated rings. The van der Waals surface area contributed by atoms with E-state index in [2.05, 4.69) is 113 Å². The molecule has 0 radical (unpaired) electrons. The SMILES string of the molecule is CC1(C)c2ccccc2-c2ccc(-c3ccc([N+](=O)[O-])cc3-c3ccccc3)cc21.CC1(C)c2ccccc2-c2ccc(-c3ccc([N+](=O)[O-])cc3-c3ccccc3)cc21. The maximum absolute atomic E-state index is 11.4. The Bertz CT molecular complexity index is 2780. The molecule has 0 N–H and O–H groups in total. The van der Waals surface area contributed by atoms with Crippen LogP contribution in [0.3, 0.4) is 0 Å². The van der Waals surface area contributed by atoms with Crippen LogP contribution in [-0.2, 0) is 10.8 Å². The summed E-state index contributed by atoms with van der Waals surface area (Å²) in [6.45, 7) is 9.04. The molecule has 0 saturated carbocycles. The number of non-ortho nitro benzene ring substituents is 2. The lowest BCUT2D eigenvalue weighted by Gasteiger charge is -2.22. The molecular weight excluding hydrogens is 741 g/mol. The lowest BCUT2D eigenvalue weighted by Crippen LogP contribution is -2.14. The normalized spacial score (nSPS) is 13.5. The van der Waals surface area contributed by atoms with E-state index in [0.717, 1.165) is 44.5 Å². The largest absolute Gasteiger partial charge is 0.270 e. The van der Waals surface area contributed by atoms with Crippen molar-refractivity contribution in [3.05, 3.63) is 224 Å². The van der Waals surface area contributed by atoms with Gasteiger partial charge in [-0.2, -0.15) is 0 Å². The Morgan fingerprint density at radius 2 is 0.650 bits per heavy atom. The number of nitro groups is 2. The van der Waals surface area contributed by atoms with Gasteiger partial charge in [-0.15, -0.1) is 0 Å². The summed E-state index contributed by atoms with van der Waals surface area (Å²) >= 11 is 0. The van der Waals surface area contributed by atoms with Crippen LogP contribution in [0.4, 0.5) is 11.4 Å². The molecule has 0 spiro atoms. The van der Waals surface area contributed by atoms with Crippen molar-refractivity contribution < 1.29 is 9.85 Å². The standard InChI is InChI=1S/2C27H21NO2/c2*1-27(2)25-11-7-6-10-22(25)23-14-12-19(16-26(23)27)21-15-13-20(28(29)30)17-24(21)18-8-4-3-5-9-18/h2*3-17H,1-2H3. The first-order valence-electron chi connectivity index (χ1n) is 20.1. The van der Waals surface area contributed by atoms with E-state index in [9.17, 15) is 20.2 Å². The maximum atomic E-state index is 11.4. The van der Waals surface area contributed by atoms with Crippen LogP contribution in [0.2, 0.25) is 0 Å². The van der Waals surface area contributed by atoms with Crippen LogP contribution in [0.1, 0.15) is 49.9 Å². The fourth-order valence-electron chi connectivity index (χ4n) is 9.25. The number of fused-ring (bicyclic) bond motifs is 6.